The number of amides is 1. The highest BCUT2D eigenvalue weighted by Gasteiger charge is 2.43. The molecule has 0 spiro atoms. The number of hydrogen-bond donors (Lipinski definition) is 1. The van der Waals surface area contributed by atoms with Crippen molar-refractivity contribution in [2.75, 3.05) is 5.32 Å². The zero-order valence-electron chi connectivity index (χ0n) is 11.0. The van der Waals surface area contributed by atoms with Crippen LogP contribution < -0.4 is 5.32 Å². The van der Waals surface area contributed by atoms with Crippen molar-refractivity contribution >= 4 is 39.9 Å². The molecule has 0 bridgehead atoms. The summed E-state index contributed by atoms with van der Waals surface area (Å²) in [6.07, 6.45) is -3.93. The number of aromatic nitrogens is 1. The zero-order valence-corrected chi connectivity index (χ0v) is 11.9. The van der Waals surface area contributed by atoms with E-state index in [1.807, 2.05) is 0 Å². The lowest BCUT2D eigenvalue weighted by atomic mass is 10.0. The third-order valence-corrected chi connectivity index (χ3v) is 4.00. The standard InChI is InChI=1S/C13H6F3N3O3S/c14-13(15,16)10(8-2-1-3-23-8)9-7-4-6(19(21)22)5-17-11(7)18-12(9)20/h1-5H,(H,17,18,20). The molecule has 0 saturated heterocycles. The first-order chi connectivity index (χ1) is 10.8. The average Bonchev–Trinajstić information content (AvgIpc) is 3.06. The lowest BCUT2D eigenvalue weighted by molar-refractivity contribution is -0.385. The second-order valence-electron chi connectivity index (χ2n) is 4.53. The summed E-state index contributed by atoms with van der Waals surface area (Å²) in [4.78, 5) is 25.5. The molecule has 3 rings (SSSR count). The normalized spacial score (nSPS) is 16.0. The predicted octanol–water partition coefficient (Wildman–Crippen LogP) is 3.48. The fraction of sp³-hybridized carbons (Fsp3) is 0.0769. The molecule has 0 radical (unpaired) electrons. The third-order valence-electron chi connectivity index (χ3n) is 3.11. The fourth-order valence-electron chi connectivity index (χ4n) is 2.21. The number of rotatable bonds is 2. The Hall–Kier alpha value is -2.75. The number of carbonyl (C=O) groups is 1. The van der Waals surface area contributed by atoms with Gasteiger partial charge in [-0.25, -0.2) is 4.98 Å². The summed E-state index contributed by atoms with van der Waals surface area (Å²) in [5, 5.41) is 14.5. The number of nitrogens with one attached hydrogen (secondary N) is 1. The van der Waals surface area contributed by atoms with Crippen LogP contribution in [0.1, 0.15) is 10.4 Å². The maximum Gasteiger partial charge on any atom is 0.418 e. The molecule has 1 amide bonds. The third kappa shape index (κ3) is 2.57. The van der Waals surface area contributed by atoms with Crippen LogP contribution in [-0.4, -0.2) is 22.0 Å². The van der Waals surface area contributed by atoms with Crippen LogP contribution in [0.4, 0.5) is 24.7 Å². The van der Waals surface area contributed by atoms with Gasteiger partial charge in [0.2, 0.25) is 0 Å². The molecule has 0 saturated carbocycles. The molecule has 2 aromatic rings. The Morgan fingerprint density at radius 2 is 2.13 bits per heavy atom. The summed E-state index contributed by atoms with van der Waals surface area (Å²) < 4.78 is 40.4. The summed E-state index contributed by atoms with van der Waals surface area (Å²) in [5.74, 6) is -1.12. The van der Waals surface area contributed by atoms with Gasteiger partial charge in [0.05, 0.1) is 16.1 Å². The van der Waals surface area contributed by atoms with Gasteiger partial charge in [-0.2, -0.15) is 13.2 Å². The van der Waals surface area contributed by atoms with Crippen molar-refractivity contribution in [2.24, 2.45) is 0 Å². The Balaban J connectivity index is 2.32. The number of nitrogens with zero attached hydrogens (tertiary/aromatic N) is 2. The number of halogens is 3. The number of carbonyl (C=O) groups excluding carboxylic acids is 1. The minimum Gasteiger partial charge on any atom is -0.306 e. The molecule has 0 aromatic carbocycles. The average molecular weight is 341 g/mol. The largest absolute Gasteiger partial charge is 0.418 e. The summed E-state index contributed by atoms with van der Waals surface area (Å²) in [7, 11) is 0. The van der Waals surface area contributed by atoms with Crippen molar-refractivity contribution in [3.63, 3.8) is 0 Å². The SMILES string of the molecule is O=C1Nc2ncc([N+](=O)[O-])cc2C1=C(c1cccs1)C(F)(F)F. The monoisotopic (exact) mass is 341 g/mol. The Kier molecular flexibility index (Phi) is 3.40. The predicted molar refractivity (Wildman–Crippen MR) is 76.7 cm³/mol. The van der Waals surface area contributed by atoms with E-state index in [1.54, 1.807) is 0 Å². The van der Waals surface area contributed by atoms with Crippen LogP contribution in [0.25, 0.3) is 11.1 Å². The molecule has 1 N–H and O–H groups in total. The first kappa shape index (κ1) is 15.2. The number of hydrogen-bond acceptors (Lipinski definition) is 5. The summed E-state index contributed by atoms with van der Waals surface area (Å²) in [6, 6.07) is 3.57. The van der Waals surface area contributed by atoms with Crippen LogP contribution in [0.3, 0.4) is 0 Å². The Labute approximate surface area is 130 Å². The number of pyridine rings is 1. The first-order valence-electron chi connectivity index (χ1n) is 6.10. The highest BCUT2D eigenvalue weighted by atomic mass is 32.1. The van der Waals surface area contributed by atoms with E-state index in [-0.39, 0.29) is 16.3 Å². The first-order valence-corrected chi connectivity index (χ1v) is 6.98. The molecule has 6 nitrogen and oxygen atoms in total. The van der Waals surface area contributed by atoms with Crippen LogP contribution in [-0.2, 0) is 4.79 Å². The number of anilines is 1. The highest BCUT2D eigenvalue weighted by molar-refractivity contribution is 7.11. The summed E-state index contributed by atoms with van der Waals surface area (Å²) >= 11 is 0.820. The number of thiophene rings is 1. The Morgan fingerprint density at radius 3 is 2.70 bits per heavy atom. The Morgan fingerprint density at radius 1 is 1.39 bits per heavy atom. The second kappa shape index (κ2) is 5.16. The van der Waals surface area contributed by atoms with Crippen molar-refractivity contribution in [1.29, 1.82) is 0 Å². The van der Waals surface area contributed by atoms with E-state index < -0.39 is 33.8 Å². The molecular weight excluding hydrogens is 335 g/mol. The molecule has 1 aliphatic rings. The molecule has 0 aliphatic carbocycles. The minimum atomic E-state index is -4.80. The molecule has 0 fully saturated rings. The van der Waals surface area contributed by atoms with E-state index in [9.17, 15) is 28.1 Å². The van der Waals surface area contributed by atoms with Crippen LogP contribution in [0, 0.1) is 10.1 Å². The molecule has 10 heteroatoms. The topological polar surface area (TPSA) is 85.1 Å². The van der Waals surface area contributed by atoms with E-state index in [0.29, 0.717) is 0 Å². The number of nitro groups is 1. The van der Waals surface area contributed by atoms with E-state index in [0.717, 1.165) is 23.6 Å². The van der Waals surface area contributed by atoms with Crippen LogP contribution >= 0.6 is 11.3 Å². The van der Waals surface area contributed by atoms with Crippen molar-refractivity contribution < 1.29 is 22.9 Å². The van der Waals surface area contributed by atoms with Crippen molar-refractivity contribution in [2.45, 2.75) is 6.18 Å². The lowest BCUT2D eigenvalue weighted by Crippen LogP contribution is -2.15. The molecule has 1 aliphatic heterocycles. The molecular formula is C13H6F3N3O3S. The molecule has 3 heterocycles. The zero-order chi connectivity index (χ0) is 16.8. The van der Waals surface area contributed by atoms with Gasteiger partial charge in [0, 0.05) is 16.5 Å². The smallest absolute Gasteiger partial charge is 0.306 e. The molecule has 0 atom stereocenters. The van der Waals surface area contributed by atoms with E-state index in [2.05, 4.69) is 10.3 Å². The van der Waals surface area contributed by atoms with Crippen molar-refractivity contribution in [1.82, 2.24) is 4.98 Å². The fourth-order valence-corrected chi connectivity index (χ4v) is 3.01. The van der Waals surface area contributed by atoms with Gasteiger partial charge < -0.3 is 5.32 Å². The van der Waals surface area contributed by atoms with E-state index >= 15 is 0 Å². The van der Waals surface area contributed by atoms with Gasteiger partial charge in [0.25, 0.3) is 11.6 Å². The number of alkyl halides is 3. The minimum absolute atomic E-state index is 0.131. The number of fused-ring (bicyclic) bond motifs is 1. The lowest BCUT2D eigenvalue weighted by Gasteiger charge is -2.12. The maximum atomic E-state index is 13.5. The maximum absolute atomic E-state index is 13.5. The van der Waals surface area contributed by atoms with E-state index in [4.69, 9.17) is 0 Å². The van der Waals surface area contributed by atoms with Gasteiger partial charge >= 0.3 is 6.18 Å². The van der Waals surface area contributed by atoms with E-state index in [1.165, 1.54) is 17.5 Å². The summed E-state index contributed by atoms with van der Waals surface area (Å²) in [5.41, 5.74) is -2.52. The molecule has 2 aromatic heterocycles. The van der Waals surface area contributed by atoms with Gasteiger partial charge in [-0.05, 0) is 11.4 Å². The molecule has 23 heavy (non-hydrogen) atoms. The van der Waals surface area contributed by atoms with Crippen LogP contribution in [0.2, 0.25) is 0 Å². The van der Waals surface area contributed by atoms with Gasteiger partial charge in [0.15, 0.2) is 0 Å². The number of allylic oxidation sites excluding steroid dienone is 1. The van der Waals surface area contributed by atoms with Gasteiger partial charge in [-0.3, -0.25) is 14.9 Å². The van der Waals surface area contributed by atoms with Crippen molar-refractivity contribution in [3.8, 4) is 0 Å². The quantitative estimate of drug-likeness (QED) is 0.515. The van der Waals surface area contributed by atoms with Gasteiger partial charge in [-0.15, -0.1) is 11.3 Å². The second-order valence-corrected chi connectivity index (χ2v) is 5.47. The molecule has 118 valence electrons. The van der Waals surface area contributed by atoms with Crippen molar-refractivity contribution in [3.05, 3.63) is 50.3 Å². The molecule has 0 unspecified atom stereocenters. The van der Waals surface area contributed by atoms with Crippen LogP contribution in [0.15, 0.2) is 29.8 Å². The van der Waals surface area contributed by atoms with Crippen LogP contribution in [0.5, 0.6) is 0 Å². The summed E-state index contributed by atoms with van der Waals surface area (Å²) in [6.45, 7) is 0. The van der Waals surface area contributed by atoms with Gasteiger partial charge in [0.1, 0.15) is 12.0 Å². The Bertz CT molecular complexity index is 844. The van der Waals surface area contributed by atoms with Gasteiger partial charge in [-0.1, -0.05) is 6.07 Å². The highest BCUT2D eigenvalue weighted by Crippen LogP contribution is 2.45.